The molecule has 4 rings (SSSR count). The van der Waals surface area contributed by atoms with Crippen LogP contribution in [0.15, 0.2) is 18.2 Å². The van der Waals surface area contributed by atoms with Gasteiger partial charge in [0.2, 0.25) is 11.8 Å². The normalized spacial score (nSPS) is 27.4. The number of fused-ring (bicyclic) bond motifs is 1. The van der Waals surface area contributed by atoms with E-state index in [9.17, 15) is 14.4 Å². The van der Waals surface area contributed by atoms with Crippen LogP contribution < -0.4 is 11.1 Å². The van der Waals surface area contributed by atoms with Crippen LogP contribution in [0.3, 0.4) is 0 Å². The van der Waals surface area contributed by atoms with Crippen LogP contribution in [-0.2, 0) is 22.7 Å². The first-order chi connectivity index (χ1) is 12.8. The third-order valence-electron chi connectivity index (χ3n) is 6.50. The maximum absolute atomic E-state index is 12.7. The smallest absolute Gasteiger partial charge is 0.255 e. The number of benzene rings is 1. The molecule has 0 aliphatic carbocycles. The number of nitrogens with one attached hydrogen (secondary N) is 1. The van der Waals surface area contributed by atoms with E-state index in [0.29, 0.717) is 31.0 Å². The molecule has 0 bridgehead atoms. The number of hydrogen-bond acceptors (Lipinski definition) is 5. The highest BCUT2D eigenvalue weighted by Crippen LogP contribution is 2.37. The zero-order valence-corrected chi connectivity index (χ0v) is 15.8. The van der Waals surface area contributed by atoms with Gasteiger partial charge >= 0.3 is 0 Å². The molecule has 1 aromatic rings. The van der Waals surface area contributed by atoms with Crippen molar-refractivity contribution in [2.45, 2.75) is 51.4 Å². The molecular weight excluding hydrogens is 344 g/mol. The maximum Gasteiger partial charge on any atom is 0.255 e. The molecule has 3 N–H and O–H groups in total. The lowest BCUT2D eigenvalue weighted by molar-refractivity contribution is -0.136. The van der Waals surface area contributed by atoms with Crippen molar-refractivity contribution < 1.29 is 14.4 Å². The van der Waals surface area contributed by atoms with Gasteiger partial charge in [-0.15, -0.1) is 0 Å². The first-order valence-electron chi connectivity index (χ1n) is 9.53. The van der Waals surface area contributed by atoms with Gasteiger partial charge in [-0.1, -0.05) is 12.1 Å². The molecule has 3 heterocycles. The molecule has 0 radical (unpaired) electrons. The van der Waals surface area contributed by atoms with Crippen molar-refractivity contribution in [2.24, 2.45) is 11.7 Å². The molecule has 3 aliphatic rings. The van der Waals surface area contributed by atoms with Crippen molar-refractivity contribution in [3.63, 3.8) is 0 Å². The first-order valence-corrected chi connectivity index (χ1v) is 9.53. The Morgan fingerprint density at radius 2 is 2.04 bits per heavy atom. The van der Waals surface area contributed by atoms with Crippen LogP contribution in [0.1, 0.15) is 48.2 Å². The second-order valence-corrected chi connectivity index (χ2v) is 8.36. The summed E-state index contributed by atoms with van der Waals surface area (Å²) >= 11 is 0. The quantitative estimate of drug-likeness (QED) is 0.758. The Morgan fingerprint density at radius 3 is 2.70 bits per heavy atom. The van der Waals surface area contributed by atoms with Crippen LogP contribution in [0.5, 0.6) is 0 Å². The van der Waals surface area contributed by atoms with E-state index in [1.54, 1.807) is 4.90 Å². The maximum atomic E-state index is 12.7. The standard InChI is InChI=1S/C20H26N4O3/c1-20(2)14(8-21)11-23(20)9-12-3-4-15-13(7-12)10-24(19(15)27)16-5-6-17(25)22-18(16)26/h3-4,7,14,16H,5-6,8-11,21H2,1-2H3,(H,22,25,26). The Labute approximate surface area is 158 Å². The van der Waals surface area contributed by atoms with E-state index in [1.165, 1.54) is 0 Å². The Balaban J connectivity index is 1.48. The summed E-state index contributed by atoms with van der Waals surface area (Å²) in [5.74, 6) is -0.256. The van der Waals surface area contributed by atoms with Gasteiger partial charge in [0.1, 0.15) is 6.04 Å². The Hall–Kier alpha value is -2.25. The summed E-state index contributed by atoms with van der Waals surface area (Å²) in [6, 6.07) is 5.37. The van der Waals surface area contributed by atoms with Gasteiger partial charge < -0.3 is 10.6 Å². The van der Waals surface area contributed by atoms with Gasteiger partial charge in [-0.05, 0) is 44.0 Å². The average molecular weight is 370 g/mol. The molecule has 0 saturated carbocycles. The van der Waals surface area contributed by atoms with Crippen molar-refractivity contribution in [3.05, 3.63) is 34.9 Å². The monoisotopic (exact) mass is 370 g/mol. The molecule has 3 amide bonds. The largest absolute Gasteiger partial charge is 0.330 e. The highest BCUT2D eigenvalue weighted by molar-refractivity contribution is 6.05. The zero-order chi connectivity index (χ0) is 19.3. The van der Waals surface area contributed by atoms with E-state index in [0.717, 1.165) is 24.2 Å². The minimum Gasteiger partial charge on any atom is -0.330 e. The summed E-state index contributed by atoms with van der Waals surface area (Å²) < 4.78 is 0. The van der Waals surface area contributed by atoms with Gasteiger partial charge in [0.25, 0.3) is 5.91 Å². The summed E-state index contributed by atoms with van der Waals surface area (Å²) in [7, 11) is 0. The fourth-order valence-electron chi connectivity index (χ4n) is 4.45. The molecule has 2 saturated heterocycles. The Kier molecular flexibility index (Phi) is 4.31. The van der Waals surface area contributed by atoms with E-state index in [2.05, 4.69) is 30.1 Å². The van der Waals surface area contributed by atoms with E-state index in [4.69, 9.17) is 5.73 Å². The number of rotatable bonds is 4. The molecule has 1 aromatic carbocycles. The SMILES string of the molecule is CC1(C)C(CN)CN1Cc1ccc2c(c1)CN(C1CCC(=O)NC1=O)C2=O. The molecule has 27 heavy (non-hydrogen) atoms. The van der Waals surface area contributed by atoms with Crippen molar-refractivity contribution in [3.8, 4) is 0 Å². The van der Waals surface area contributed by atoms with Gasteiger partial charge in [-0.3, -0.25) is 24.6 Å². The minimum atomic E-state index is -0.564. The van der Waals surface area contributed by atoms with Crippen LogP contribution in [0, 0.1) is 5.92 Å². The number of hydrogen-bond donors (Lipinski definition) is 2. The molecular formula is C20H26N4O3. The summed E-state index contributed by atoms with van der Waals surface area (Å²) in [4.78, 5) is 40.2. The first kappa shape index (κ1) is 18.1. The van der Waals surface area contributed by atoms with Crippen molar-refractivity contribution in [1.82, 2.24) is 15.1 Å². The Morgan fingerprint density at radius 1 is 1.26 bits per heavy atom. The third-order valence-corrected chi connectivity index (χ3v) is 6.50. The molecule has 0 spiro atoms. The number of piperidine rings is 1. The molecule has 144 valence electrons. The Bertz CT molecular complexity index is 819. The number of nitrogens with zero attached hydrogens (tertiary/aromatic N) is 2. The van der Waals surface area contributed by atoms with E-state index >= 15 is 0 Å². The van der Waals surface area contributed by atoms with Crippen molar-refractivity contribution in [1.29, 1.82) is 0 Å². The highest BCUT2D eigenvalue weighted by Gasteiger charge is 2.45. The second-order valence-electron chi connectivity index (χ2n) is 8.36. The molecule has 3 aliphatic heterocycles. The van der Waals surface area contributed by atoms with E-state index in [-0.39, 0.29) is 29.7 Å². The number of likely N-dealkylation sites (tertiary alicyclic amines) is 1. The summed E-state index contributed by atoms with van der Waals surface area (Å²) in [5.41, 5.74) is 8.70. The highest BCUT2D eigenvalue weighted by atomic mass is 16.2. The van der Waals surface area contributed by atoms with Crippen LogP contribution in [0.4, 0.5) is 0 Å². The van der Waals surface area contributed by atoms with Gasteiger partial charge in [0.05, 0.1) is 0 Å². The van der Waals surface area contributed by atoms with E-state index < -0.39 is 6.04 Å². The van der Waals surface area contributed by atoms with Crippen molar-refractivity contribution in [2.75, 3.05) is 13.1 Å². The van der Waals surface area contributed by atoms with E-state index in [1.807, 2.05) is 12.1 Å². The molecule has 2 fully saturated rings. The van der Waals surface area contributed by atoms with Crippen LogP contribution in [0.2, 0.25) is 0 Å². The lowest BCUT2D eigenvalue weighted by atomic mass is 9.76. The predicted molar refractivity (Wildman–Crippen MR) is 99.5 cm³/mol. The summed E-state index contributed by atoms with van der Waals surface area (Å²) in [6.07, 6.45) is 0.661. The second kappa shape index (κ2) is 6.42. The topological polar surface area (TPSA) is 95.7 Å². The predicted octanol–water partition coefficient (Wildman–Crippen LogP) is 0.617. The number of nitrogens with two attached hydrogens (primary N) is 1. The van der Waals surface area contributed by atoms with Crippen molar-refractivity contribution >= 4 is 17.7 Å². The molecule has 2 unspecified atom stereocenters. The molecule has 7 heteroatoms. The molecule has 0 aromatic heterocycles. The van der Waals surface area contributed by atoms with Crippen LogP contribution in [-0.4, -0.2) is 52.2 Å². The third kappa shape index (κ3) is 2.95. The number of carbonyl (C=O) groups excluding carboxylic acids is 3. The molecule has 2 atom stereocenters. The van der Waals surface area contributed by atoms with Crippen LogP contribution in [0.25, 0.3) is 0 Å². The van der Waals surface area contributed by atoms with Gasteiger partial charge in [0, 0.05) is 43.1 Å². The average Bonchev–Trinajstić information content (AvgIpc) is 2.94. The summed E-state index contributed by atoms with van der Waals surface area (Å²) in [6.45, 7) is 7.36. The number of carbonyl (C=O) groups is 3. The van der Waals surface area contributed by atoms with Gasteiger partial charge in [-0.2, -0.15) is 0 Å². The summed E-state index contributed by atoms with van der Waals surface area (Å²) in [5, 5.41) is 2.34. The van der Waals surface area contributed by atoms with Gasteiger partial charge in [-0.25, -0.2) is 0 Å². The van der Waals surface area contributed by atoms with Gasteiger partial charge in [0.15, 0.2) is 0 Å². The molecule has 7 nitrogen and oxygen atoms in total. The lowest BCUT2D eigenvalue weighted by Gasteiger charge is -2.55. The minimum absolute atomic E-state index is 0.0857. The fraction of sp³-hybridized carbons (Fsp3) is 0.550. The fourth-order valence-corrected chi connectivity index (χ4v) is 4.45. The number of imide groups is 1. The zero-order valence-electron chi connectivity index (χ0n) is 15.8. The lowest BCUT2D eigenvalue weighted by Crippen LogP contribution is -2.65. The van der Waals surface area contributed by atoms with Crippen LogP contribution >= 0.6 is 0 Å². The number of amides is 3.